The second kappa shape index (κ2) is 3.48. The quantitative estimate of drug-likeness (QED) is 0.701. The number of benzene rings is 1. The van der Waals surface area contributed by atoms with Crippen molar-refractivity contribution in [2.24, 2.45) is 0 Å². The molecule has 0 amide bonds. The lowest BCUT2D eigenvalue weighted by atomic mass is 9.92. The highest BCUT2D eigenvalue weighted by Crippen LogP contribution is 2.37. The second-order valence-electron chi connectivity index (χ2n) is 4.53. The Kier molecular flexibility index (Phi) is 2.45. The zero-order chi connectivity index (χ0) is 12.8. The molecule has 0 saturated heterocycles. The van der Waals surface area contributed by atoms with E-state index in [-0.39, 0.29) is 18.0 Å². The number of rotatable bonds is 0. The average Bonchev–Trinajstić information content (AvgIpc) is 2.17. The molecule has 5 heteroatoms. The molecule has 92 valence electrons. The standard InChI is InChI=1S/C12H11F3O2/c1-11(2)10(16)5-7-3-4-8(12(13,14)15)6-9(7)17-11/h3-4,6H,5H2,1-2H3. The topological polar surface area (TPSA) is 26.3 Å². The van der Waals surface area contributed by atoms with E-state index >= 15 is 0 Å². The van der Waals surface area contributed by atoms with Crippen LogP contribution in [0.3, 0.4) is 0 Å². The molecular weight excluding hydrogens is 233 g/mol. The monoisotopic (exact) mass is 244 g/mol. The van der Waals surface area contributed by atoms with Crippen molar-refractivity contribution in [3.63, 3.8) is 0 Å². The second-order valence-corrected chi connectivity index (χ2v) is 4.53. The summed E-state index contributed by atoms with van der Waals surface area (Å²) in [5.41, 5.74) is -1.32. The lowest BCUT2D eigenvalue weighted by Crippen LogP contribution is -2.42. The number of hydrogen-bond donors (Lipinski definition) is 0. The molecule has 0 aromatic heterocycles. The van der Waals surface area contributed by atoms with Crippen LogP contribution in [0.15, 0.2) is 18.2 Å². The highest BCUT2D eigenvalue weighted by atomic mass is 19.4. The van der Waals surface area contributed by atoms with Crippen molar-refractivity contribution in [2.75, 3.05) is 0 Å². The molecule has 17 heavy (non-hydrogen) atoms. The third-order valence-electron chi connectivity index (χ3n) is 2.78. The van der Waals surface area contributed by atoms with Gasteiger partial charge in [0.05, 0.1) is 5.56 Å². The van der Waals surface area contributed by atoms with Crippen LogP contribution in [0.5, 0.6) is 5.75 Å². The molecule has 2 rings (SSSR count). The first-order valence-electron chi connectivity index (χ1n) is 5.12. The van der Waals surface area contributed by atoms with E-state index in [9.17, 15) is 18.0 Å². The normalized spacial score (nSPS) is 18.5. The van der Waals surface area contributed by atoms with Gasteiger partial charge < -0.3 is 4.74 Å². The molecule has 0 N–H and O–H groups in total. The summed E-state index contributed by atoms with van der Waals surface area (Å²) in [6.07, 6.45) is -4.29. The number of carbonyl (C=O) groups is 1. The van der Waals surface area contributed by atoms with Crippen molar-refractivity contribution < 1.29 is 22.7 Å². The molecule has 0 aliphatic carbocycles. The van der Waals surface area contributed by atoms with E-state index in [1.165, 1.54) is 6.07 Å². The summed E-state index contributed by atoms with van der Waals surface area (Å²) in [6.45, 7) is 3.11. The van der Waals surface area contributed by atoms with Gasteiger partial charge >= 0.3 is 6.18 Å². The Balaban J connectivity index is 2.45. The van der Waals surface area contributed by atoms with Crippen LogP contribution >= 0.6 is 0 Å². The number of Topliss-reactive ketones (excluding diaryl/α,β-unsaturated/α-hetero) is 1. The maximum absolute atomic E-state index is 12.5. The van der Waals surface area contributed by atoms with Crippen molar-refractivity contribution in [2.45, 2.75) is 32.0 Å². The largest absolute Gasteiger partial charge is 0.480 e. The molecule has 0 spiro atoms. The van der Waals surface area contributed by atoms with E-state index < -0.39 is 17.3 Å². The minimum absolute atomic E-state index is 0.112. The first-order chi connectivity index (χ1) is 7.70. The summed E-state index contributed by atoms with van der Waals surface area (Å²) in [5, 5.41) is 0. The fourth-order valence-corrected chi connectivity index (χ4v) is 1.69. The van der Waals surface area contributed by atoms with Crippen molar-refractivity contribution in [3.05, 3.63) is 29.3 Å². The van der Waals surface area contributed by atoms with Crippen LogP contribution in [0.2, 0.25) is 0 Å². The van der Waals surface area contributed by atoms with Crippen molar-refractivity contribution in [1.82, 2.24) is 0 Å². The summed E-state index contributed by atoms with van der Waals surface area (Å²) in [5.74, 6) is 0.00850. The van der Waals surface area contributed by atoms with Crippen molar-refractivity contribution >= 4 is 5.78 Å². The number of halogens is 3. The lowest BCUT2D eigenvalue weighted by Gasteiger charge is -2.31. The molecule has 1 aromatic carbocycles. The fourth-order valence-electron chi connectivity index (χ4n) is 1.69. The zero-order valence-corrected chi connectivity index (χ0v) is 9.39. The van der Waals surface area contributed by atoms with Crippen LogP contribution in [0.25, 0.3) is 0 Å². The molecule has 0 saturated carbocycles. The molecule has 0 atom stereocenters. The number of alkyl halides is 3. The minimum Gasteiger partial charge on any atom is -0.480 e. The average molecular weight is 244 g/mol. The van der Waals surface area contributed by atoms with Gasteiger partial charge in [0.1, 0.15) is 5.75 Å². The first kappa shape index (κ1) is 12.0. The smallest absolute Gasteiger partial charge is 0.416 e. The SMILES string of the molecule is CC1(C)Oc2cc(C(F)(F)F)ccc2CC1=O. The van der Waals surface area contributed by atoms with Gasteiger partial charge in [-0.1, -0.05) is 6.07 Å². The first-order valence-corrected chi connectivity index (χ1v) is 5.12. The van der Waals surface area contributed by atoms with Gasteiger partial charge in [-0.15, -0.1) is 0 Å². The van der Waals surface area contributed by atoms with E-state index in [0.29, 0.717) is 5.56 Å². The summed E-state index contributed by atoms with van der Waals surface area (Å²) in [7, 11) is 0. The van der Waals surface area contributed by atoms with E-state index in [4.69, 9.17) is 4.74 Å². The summed E-state index contributed by atoms with van der Waals surface area (Å²) in [4.78, 5) is 11.6. The van der Waals surface area contributed by atoms with E-state index in [1.54, 1.807) is 13.8 Å². The summed E-state index contributed by atoms with van der Waals surface area (Å²) >= 11 is 0. The maximum Gasteiger partial charge on any atom is 0.416 e. The fraction of sp³-hybridized carbons (Fsp3) is 0.417. The molecule has 2 nitrogen and oxygen atoms in total. The molecule has 1 heterocycles. The van der Waals surface area contributed by atoms with Gasteiger partial charge in [0, 0.05) is 12.0 Å². The third-order valence-corrected chi connectivity index (χ3v) is 2.78. The predicted molar refractivity (Wildman–Crippen MR) is 54.9 cm³/mol. The highest BCUT2D eigenvalue weighted by molar-refractivity contribution is 5.90. The molecule has 1 aliphatic rings. The lowest BCUT2D eigenvalue weighted by molar-refractivity contribution is -0.138. The van der Waals surface area contributed by atoms with E-state index in [1.807, 2.05) is 0 Å². The van der Waals surface area contributed by atoms with Gasteiger partial charge in [0.2, 0.25) is 0 Å². The molecule has 0 bridgehead atoms. The van der Waals surface area contributed by atoms with Crippen LogP contribution < -0.4 is 4.74 Å². The Morgan fingerprint density at radius 1 is 1.29 bits per heavy atom. The number of hydrogen-bond acceptors (Lipinski definition) is 2. The Morgan fingerprint density at radius 2 is 1.94 bits per heavy atom. The van der Waals surface area contributed by atoms with Gasteiger partial charge in [0.15, 0.2) is 11.4 Å². The Bertz CT molecular complexity index is 475. The van der Waals surface area contributed by atoms with Crippen molar-refractivity contribution in [1.29, 1.82) is 0 Å². The Labute approximate surface area is 96.4 Å². The molecular formula is C12H11F3O2. The zero-order valence-electron chi connectivity index (χ0n) is 9.39. The minimum atomic E-state index is -4.40. The van der Waals surface area contributed by atoms with E-state index in [2.05, 4.69) is 0 Å². The van der Waals surface area contributed by atoms with Gasteiger partial charge in [0.25, 0.3) is 0 Å². The number of fused-ring (bicyclic) bond motifs is 1. The summed E-state index contributed by atoms with van der Waals surface area (Å²) in [6, 6.07) is 3.21. The van der Waals surface area contributed by atoms with Gasteiger partial charge in [-0.25, -0.2) is 0 Å². The van der Waals surface area contributed by atoms with Crippen LogP contribution in [0.1, 0.15) is 25.0 Å². The molecule has 0 fully saturated rings. The van der Waals surface area contributed by atoms with Crippen LogP contribution in [0.4, 0.5) is 13.2 Å². The van der Waals surface area contributed by atoms with Crippen molar-refractivity contribution in [3.8, 4) is 5.75 Å². The van der Waals surface area contributed by atoms with Gasteiger partial charge in [-0.05, 0) is 26.0 Å². The molecule has 1 aromatic rings. The Morgan fingerprint density at radius 3 is 2.53 bits per heavy atom. The van der Waals surface area contributed by atoms with Gasteiger partial charge in [-0.2, -0.15) is 13.2 Å². The third kappa shape index (κ3) is 2.14. The Hall–Kier alpha value is -1.52. The number of ether oxygens (including phenoxy) is 1. The van der Waals surface area contributed by atoms with Crippen LogP contribution in [-0.4, -0.2) is 11.4 Å². The number of carbonyl (C=O) groups excluding carboxylic acids is 1. The predicted octanol–water partition coefficient (Wildman–Crippen LogP) is 2.99. The molecule has 0 radical (unpaired) electrons. The molecule has 1 aliphatic heterocycles. The van der Waals surface area contributed by atoms with E-state index in [0.717, 1.165) is 12.1 Å². The van der Waals surface area contributed by atoms with Gasteiger partial charge in [-0.3, -0.25) is 4.79 Å². The number of ketones is 1. The van der Waals surface area contributed by atoms with Crippen LogP contribution in [0, 0.1) is 0 Å². The van der Waals surface area contributed by atoms with Crippen LogP contribution in [-0.2, 0) is 17.4 Å². The summed E-state index contributed by atoms with van der Waals surface area (Å²) < 4.78 is 42.8. The molecule has 0 unspecified atom stereocenters. The highest BCUT2D eigenvalue weighted by Gasteiger charge is 2.37. The maximum atomic E-state index is 12.5.